The van der Waals surface area contributed by atoms with E-state index < -0.39 is 5.82 Å². The van der Waals surface area contributed by atoms with Gasteiger partial charge in [0.15, 0.2) is 0 Å². The average Bonchev–Trinajstić information content (AvgIpc) is 3.29. The van der Waals surface area contributed by atoms with Crippen LogP contribution in [-0.2, 0) is 11.3 Å². The first-order chi connectivity index (χ1) is 13.0. The maximum absolute atomic E-state index is 14.2. The number of anilines is 1. The van der Waals surface area contributed by atoms with Gasteiger partial charge < -0.3 is 15.2 Å². The summed E-state index contributed by atoms with van der Waals surface area (Å²) in [6, 6.07) is 12.4. The molecular weight excluding hydrogens is 383 g/mol. The van der Waals surface area contributed by atoms with Crippen molar-refractivity contribution in [2.45, 2.75) is 25.8 Å². The highest BCUT2D eigenvalue weighted by atomic mass is 35.5. The predicted molar refractivity (Wildman–Crippen MR) is 106 cm³/mol. The molecule has 0 saturated carbocycles. The van der Waals surface area contributed by atoms with Crippen LogP contribution in [0.4, 0.5) is 10.1 Å². The molecule has 1 amide bonds. The molecule has 1 atom stereocenters. The Kier molecular flexibility index (Phi) is 5.76. The van der Waals surface area contributed by atoms with Gasteiger partial charge in [0, 0.05) is 25.1 Å². The normalized spacial score (nSPS) is 16.3. The first kappa shape index (κ1) is 20.0. The topological polar surface area (TPSA) is 85.2 Å². The fourth-order valence-electron chi connectivity index (χ4n) is 3.24. The Balaban J connectivity index is 0.00000225. The van der Waals surface area contributed by atoms with Crippen LogP contribution in [0, 0.1) is 12.7 Å². The average molecular weight is 403 g/mol. The van der Waals surface area contributed by atoms with E-state index in [0.29, 0.717) is 24.8 Å². The molecule has 2 N–H and O–H groups in total. The third-order valence-corrected chi connectivity index (χ3v) is 4.76. The van der Waals surface area contributed by atoms with Crippen molar-refractivity contribution in [2.24, 2.45) is 5.73 Å². The number of aromatic nitrogens is 2. The second kappa shape index (κ2) is 8.08. The van der Waals surface area contributed by atoms with E-state index in [-0.39, 0.29) is 36.3 Å². The van der Waals surface area contributed by atoms with Crippen molar-refractivity contribution in [2.75, 3.05) is 11.4 Å². The highest BCUT2D eigenvalue weighted by Gasteiger charge is 2.36. The third kappa shape index (κ3) is 3.76. The standard InChI is InChI=1S/C20H19FN4O2.ClH/c1-12-2-7-17(16(21)8-12)25-11-15(9-18(25)26)20-23-19(24-27-20)14-5-3-13(10-22)4-6-14;/h2-8,15H,9-11,22H2,1H3;1H. The van der Waals surface area contributed by atoms with Crippen molar-refractivity contribution < 1.29 is 13.7 Å². The first-order valence-corrected chi connectivity index (χ1v) is 8.74. The number of nitrogens with zero attached hydrogens (tertiary/aromatic N) is 3. The summed E-state index contributed by atoms with van der Waals surface area (Å²) >= 11 is 0. The van der Waals surface area contributed by atoms with Crippen LogP contribution in [0.15, 0.2) is 47.0 Å². The van der Waals surface area contributed by atoms with Gasteiger partial charge in [0.1, 0.15) is 5.82 Å². The number of hydrogen-bond acceptors (Lipinski definition) is 5. The van der Waals surface area contributed by atoms with E-state index in [1.54, 1.807) is 12.1 Å². The van der Waals surface area contributed by atoms with Crippen LogP contribution in [0.1, 0.15) is 29.4 Å². The fourth-order valence-corrected chi connectivity index (χ4v) is 3.24. The number of rotatable bonds is 4. The van der Waals surface area contributed by atoms with Crippen molar-refractivity contribution in [3.05, 3.63) is 65.3 Å². The number of hydrogen-bond donors (Lipinski definition) is 1. The number of amides is 1. The van der Waals surface area contributed by atoms with Crippen molar-refractivity contribution >= 4 is 24.0 Å². The minimum absolute atomic E-state index is 0. The number of nitrogens with two attached hydrogens (primary N) is 1. The van der Waals surface area contributed by atoms with E-state index in [0.717, 1.165) is 16.7 Å². The van der Waals surface area contributed by atoms with E-state index in [2.05, 4.69) is 10.1 Å². The Morgan fingerprint density at radius 2 is 2.00 bits per heavy atom. The Hall–Kier alpha value is -2.77. The first-order valence-electron chi connectivity index (χ1n) is 8.74. The zero-order valence-electron chi connectivity index (χ0n) is 15.3. The van der Waals surface area contributed by atoms with Crippen LogP contribution < -0.4 is 10.6 Å². The molecule has 1 aliphatic heterocycles. The molecule has 1 aliphatic rings. The maximum Gasteiger partial charge on any atom is 0.232 e. The summed E-state index contributed by atoms with van der Waals surface area (Å²) in [7, 11) is 0. The smallest absolute Gasteiger partial charge is 0.232 e. The number of aryl methyl sites for hydroxylation is 1. The van der Waals surface area contributed by atoms with E-state index in [4.69, 9.17) is 10.3 Å². The molecule has 2 aromatic carbocycles. The molecule has 1 fully saturated rings. The number of carbonyl (C=O) groups excluding carboxylic acids is 1. The molecule has 1 unspecified atom stereocenters. The molecule has 0 bridgehead atoms. The third-order valence-electron chi connectivity index (χ3n) is 4.76. The van der Waals surface area contributed by atoms with Crippen molar-refractivity contribution in [1.82, 2.24) is 10.1 Å². The Morgan fingerprint density at radius 1 is 1.25 bits per heavy atom. The molecule has 3 aromatic rings. The summed E-state index contributed by atoms with van der Waals surface area (Å²) in [6.07, 6.45) is 0.209. The molecule has 0 aliphatic carbocycles. The second-order valence-corrected chi connectivity index (χ2v) is 6.72. The second-order valence-electron chi connectivity index (χ2n) is 6.72. The molecule has 28 heavy (non-hydrogen) atoms. The van der Waals surface area contributed by atoms with Crippen molar-refractivity contribution in [3.8, 4) is 11.4 Å². The van der Waals surface area contributed by atoms with E-state index in [9.17, 15) is 9.18 Å². The largest absolute Gasteiger partial charge is 0.339 e. The van der Waals surface area contributed by atoms with E-state index in [1.165, 1.54) is 11.0 Å². The zero-order chi connectivity index (χ0) is 19.0. The van der Waals surface area contributed by atoms with Crippen LogP contribution in [-0.4, -0.2) is 22.6 Å². The summed E-state index contributed by atoms with van der Waals surface area (Å²) in [5.41, 5.74) is 8.52. The van der Waals surface area contributed by atoms with Gasteiger partial charge in [-0.05, 0) is 30.2 Å². The molecule has 1 aromatic heterocycles. The summed E-state index contributed by atoms with van der Waals surface area (Å²) in [5, 5.41) is 4.02. The fraction of sp³-hybridized carbons (Fsp3) is 0.250. The highest BCUT2D eigenvalue weighted by Crippen LogP contribution is 2.33. The summed E-state index contributed by atoms with van der Waals surface area (Å²) in [6.45, 7) is 2.58. The lowest BCUT2D eigenvalue weighted by Gasteiger charge is -2.17. The van der Waals surface area contributed by atoms with Gasteiger partial charge in [-0.2, -0.15) is 4.98 Å². The summed E-state index contributed by atoms with van der Waals surface area (Å²) in [4.78, 5) is 18.3. The van der Waals surface area contributed by atoms with Crippen LogP contribution in [0.2, 0.25) is 0 Å². The molecule has 146 valence electrons. The minimum Gasteiger partial charge on any atom is -0.339 e. The van der Waals surface area contributed by atoms with Gasteiger partial charge >= 0.3 is 0 Å². The lowest BCUT2D eigenvalue weighted by Crippen LogP contribution is -2.25. The Bertz CT molecular complexity index is 990. The van der Waals surface area contributed by atoms with E-state index in [1.807, 2.05) is 31.2 Å². The lowest BCUT2D eigenvalue weighted by molar-refractivity contribution is -0.117. The lowest BCUT2D eigenvalue weighted by atomic mass is 10.1. The highest BCUT2D eigenvalue weighted by molar-refractivity contribution is 5.96. The molecule has 2 heterocycles. The van der Waals surface area contributed by atoms with Gasteiger partial charge in [-0.3, -0.25) is 4.79 Å². The molecule has 4 rings (SSSR count). The Morgan fingerprint density at radius 3 is 2.68 bits per heavy atom. The monoisotopic (exact) mass is 402 g/mol. The molecule has 1 saturated heterocycles. The van der Waals surface area contributed by atoms with Gasteiger partial charge in [0.25, 0.3) is 0 Å². The van der Waals surface area contributed by atoms with Crippen molar-refractivity contribution in [3.63, 3.8) is 0 Å². The van der Waals surface area contributed by atoms with Crippen LogP contribution in [0.3, 0.4) is 0 Å². The van der Waals surface area contributed by atoms with Gasteiger partial charge in [0.2, 0.25) is 17.6 Å². The summed E-state index contributed by atoms with van der Waals surface area (Å²) < 4.78 is 19.6. The van der Waals surface area contributed by atoms with Crippen molar-refractivity contribution in [1.29, 1.82) is 0 Å². The molecule has 6 nitrogen and oxygen atoms in total. The Labute approximate surface area is 167 Å². The molecule has 8 heteroatoms. The molecular formula is C20H20ClFN4O2. The van der Waals surface area contributed by atoms with Gasteiger partial charge in [-0.1, -0.05) is 35.5 Å². The minimum atomic E-state index is -0.407. The van der Waals surface area contributed by atoms with Crippen LogP contribution in [0.5, 0.6) is 0 Å². The van der Waals surface area contributed by atoms with Gasteiger partial charge in [-0.15, -0.1) is 12.4 Å². The summed E-state index contributed by atoms with van der Waals surface area (Å²) in [5.74, 6) is 0.0186. The zero-order valence-corrected chi connectivity index (χ0v) is 16.1. The van der Waals surface area contributed by atoms with Crippen LogP contribution in [0.25, 0.3) is 11.4 Å². The number of halogens is 2. The quantitative estimate of drug-likeness (QED) is 0.720. The maximum atomic E-state index is 14.2. The van der Waals surface area contributed by atoms with Gasteiger partial charge in [0.05, 0.1) is 11.6 Å². The number of benzene rings is 2. The number of carbonyl (C=O) groups is 1. The molecule has 0 spiro atoms. The SMILES string of the molecule is Cc1ccc(N2CC(c3nc(-c4ccc(CN)cc4)no3)CC2=O)c(F)c1.Cl. The predicted octanol–water partition coefficient (Wildman–Crippen LogP) is 3.59. The van der Waals surface area contributed by atoms with Crippen LogP contribution >= 0.6 is 12.4 Å². The van der Waals surface area contributed by atoms with E-state index >= 15 is 0 Å². The van der Waals surface area contributed by atoms with Gasteiger partial charge in [-0.25, -0.2) is 4.39 Å². The molecule has 0 radical (unpaired) electrons.